The van der Waals surface area contributed by atoms with E-state index < -0.39 is 6.10 Å². The number of aliphatic hydroxyl groups excluding tert-OH is 1. The van der Waals surface area contributed by atoms with Crippen LogP contribution in [0.25, 0.3) is 0 Å². The van der Waals surface area contributed by atoms with E-state index in [-0.39, 0.29) is 5.82 Å². The van der Waals surface area contributed by atoms with Gasteiger partial charge in [0.2, 0.25) is 0 Å². The monoisotopic (exact) mass is 274 g/mol. The Labute approximate surface area is 118 Å². The van der Waals surface area contributed by atoms with E-state index >= 15 is 0 Å². The molecule has 0 aromatic heterocycles. The Morgan fingerprint density at radius 2 is 1.85 bits per heavy atom. The van der Waals surface area contributed by atoms with Gasteiger partial charge in [-0.05, 0) is 55.7 Å². The molecule has 1 N–H and O–H groups in total. The molecule has 0 heterocycles. The van der Waals surface area contributed by atoms with Gasteiger partial charge in [-0.1, -0.05) is 18.2 Å². The molecule has 2 aromatic carbocycles. The van der Waals surface area contributed by atoms with Crippen LogP contribution < -0.4 is 4.74 Å². The van der Waals surface area contributed by atoms with Crippen molar-refractivity contribution in [3.05, 3.63) is 64.5 Å². The lowest BCUT2D eigenvalue weighted by Crippen LogP contribution is -2.02. The van der Waals surface area contributed by atoms with Crippen LogP contribution in [-0.2, 0) is 6.61 Å². The predicted octanol–water partition coefficient (Wildman–Crippen LogP) is 4.07. The summed E-state index contributed by atoms with van der Waals surface area (Å²) < 4.78 is 18.9. The molecule has 0 spiro atoms. The van der Waals surface area contributed by atoms with Gasteiger partial charge in [-0.3, -0.25) is 0 Å². The fraction of sp³-hybridized carbons (Fsp3) is 0.294. The Kier molecular flexibility index (Phi) is 4.40. The zero-order valence-corrected chi connectivity index (χ0v) is 12.0. The highest BCUT2D eigenvalue weighted by atomic mass is 19.1. The number of aryl methyl sites for hydroxylation is 2. The number of rotatable bonds is 4. The van der Waals surface area contributed by atoms with Crippen molar-refractivity contribution >= 4 is 0 Å². The van der Waals surface area contributed by atoms with Crippen molar-refractivity contribution in [2.75, 3.05) is 0 Å². The number of hydrogen-bond donors (Lipinski definition) is 1. The van der Waals surface area contributed by atoms with Crippen LogP contribution in [0.15, 0.2) is 36.4 Å². The van der Waals surface area contributed by atoms with Gasteiger partial charge in [-0.15, -0.1) is 0 Å². The van der Waals surface area contributed by atoms with Gasteiger partial charge in [0.25, 0.3) is 0 Å². The van der Waals surface area contributed by atoms with Crippen LogP contribution in [0.1, 0.15) is 35.3 Å². The van der Waals surface area contributed by atoms with Gasteiger partial charge in [-0.25, -0.2) is 4.39 Å². The first-order valence-electron chi connectivity index (χ1n) is 6.64. The summed E-state index contributed by atoms with van der Waals surface area (Å²) in [6, 6.07) is 10.3. The van der Waals surface area contributed by atoms with Crippen molar-refractivity contribution in [3.63, 3.8) is 0 Å². The number of halogens is 1. The van der Waals surface area contributed by atoms with Gasteiger partial charge in [-0.2, -0.15) is 0 Å². The molecule has 0 amide bonds. The number of hydrogen-bond acceptors (Lipinski definition) is 2. The summed E-state index contributed by atoms with van der Waals surface area (Å²) in [4.78, 5) is 0. The molecule has 0 bridgehead atoms. The van der Waals surface area contributed by atoms with E-state index in [0.717, 1.165) is 5.56 Å². The van der Waals surface area contributed by atoms with Crippen LogP contribution in [-0.4, -0.2) is 5.11 Å². The van der Waals surface area contributed by atoms with E-state index in [2.05, 4.69) is 19.9 Å². The van der Waals surface area contributed by atoms with E-state index in [9.17, 15) is 9.50 Å². The van der Waals surface area contributed by atoms with Crippen molar-refractivity contribution in [1.82, 2.24) is 0 Å². The van der Waals surface area contributed by atoms with Gasteiger partial charge in [0.1, 0.15) is 18.2 Å². The predicted molar refractivity (Wildman–Crippen MR) is 77.3 cm³/mol. The molecule has 0 unspecified atom stereocenters. The highest BCUT2D eigenvalue weighted by molar-refractivity contribution is 5.36. The first kappa shape index (κ1) is 14.5. The van der Waals surface area contributed by atoms with Crippen molar-refractivity contribution in [2.45, 2.75) is 33.5 Å². The highest BCUT2D eigenvalue weighted by Gasteiger charge is 2.10. The minimum Gasteiger partial charge on any atom is -0.489 e. The lowest BCUT2D eigenvalue weighted by atomic mass is 10.1. The third kappa shape index (κ3) is 3.36. The van der Waals surface area contributed by atoms with Crippen LogP contribution >= 0.6 is 0 Å². The smallest absolute Gasteiger partial charge is 0.125 e. The molecule has 0 radical (unpaired) electrons. The van der Waals surface area contributed by atoms with Crippen molar-refractivity contribution in [2.24, 2.45) is 0 Å². The first-order valence-corrected chi connectivity index (χ1v) is 6.64. The Morgan fingerprint density at radius 1 is 1.10 bits per heavy atom. The molecule has 106 valence electrons. The van der Waals surface area contributed by atoms with E-state index in [4.69, 9.17) is 4.74 Å². The second kappa shape index (κ2) is 6.06. The zero-order chi connectivity index (χ0) is 14.7. The second-order valence-electron chi connectivity index (χ2n) is 5.07. The molecule has 2 aromatic rings. The molecule has 1 atom stereocenters. The maximum Gasteiger partial charge on any atom is 0.125 e. The Balaban J connectivity index is 2.16. The second-order valence-corrected chi connectivity index (χ2v) is 5.07. The lowest BCUT2D eigenvalue weighted by molar-refractivity contribution is 0.189. The van der Waals surface area contributed by atoms with E-state index in [1.54, 1.807) is 13.0 Å². The van der Waals surface area contributed by atoms with Crippen molar-refractivity contribution in [3.8, 4) is 5.75 Å². The molecule has 0 aliphatic heterocycles. The Bertz CT molecular complexity index is 606. The fourth-order valence-corrected chi connectivity index (χ4v) is 2.03. The molecule has 2 nitrogen and oxygen atoms in total. The van der Waals surface area contributed by atoms with E-state index in [0.29, 0.717) is 17.9 Å². The highest BCUT2D eigenvalue weighted by Crippen LogP contribution is 2.26. The maximum atomic E-state index is 13.2. The summed E-state index contributed by atoms with van der Waals surface area (Å²) in [7, 11) is 0. The third-order valence-corrected chi connectivity index (χ3v) is 3.39. The number of benzene rings is 2. The molecule has 0 aliphatic rings. The van der Waals surface area contributed by atoms with Crippen LogP contribution in [0.4, 0.5) is 4.39 Å². The third-order valence-electron chi connectivity index (χ3n) is 3.39. The molecule has 0 saturated heterocycles. The molecule has 0 saturated carbocycles. The van der Waals surface area contributed by atoms with Crippen LogP contribution in [0, 0.1) is 19.7 Å². The van der Waals surface area contributed by atoms with Crippen LogP contribution in [0.2, 0.25) is 0 Å². The van der Waals surface area contributed by atoms with Gasteiger partial charge < -0.3 is 9.84 Å². The Morgan fingerprint density at radius 3 is 2.50 bits per heavy atom. The average molecular weight is 274 g/mol. The van der Waals surface area contributed by atoms with Crippen molar-refractivity contribution in [1.29, 1.82) is 0 Å². The summed E-state index contributed by atoms with van der Waals surface area (Å²) in [6.07, 6.45) is -0.763. The molecule has 0 fully saturated rings. The standard InChI is InChI=1S/C17H19FO2/c1-11-4-5-14(8-12(11)2)10-20-17-7-6-15(18)9-16(17)13(3)19/h4-9,13,19H,10H2,1-3H3/t13-/m1/s1. The summed E-state index contributed by atoms with van der Waals surface area (Å²) in [5.41, 5.74) is 3.96. The summed E-state index contributed by atoms with van der Waals surface area (Å²) >= 11 is 0. The molecule has 3 heteroatoms. The average Bonchev–Trinajstić information content (AvgIpc) is 2.41. The molecule has 20 heavy (non-hydrogen) atoms. The van der Waals surface area contributed by atoms with E-state index in [1.165, 1.54) is 23.3 Å². The van der Waals surface area contributed by atoms with Gasteiger partial charge >= 0.3 is 0 Å². The Hall–Kier alpha value is -1.87. The normalized spacial score (nSPS) is 12.2. The molecular weight excluding hydrogens is 255 g/mol. The summed E-state index contributed by atoms with van der Waals surface area (Å²) in [5.74, 6) is 0.138. The lowest BCUT2D eigenvalue weighted by Gasteiger charge is -2.14. The van der Waals surface area contributed by atoms with E-state index in [1.807, 2.05) is 12.1 Å². The fourth-order valence-electron chi connectivity index (χ4n) is 2.03. The topological polar surface area (TPSA) is 29.5 Å². The van der Waals surface area contributed by atoms with Crippen LogP contribution in [0.5, 0.6) is 5.75 Å². The minimum atomic E-state index is -0.763. The zero-order valence-electron chi connectivity index (χ0n) is 12.0. The van der Waals surface area contributed by atoms with Gasteiger partial charge in [0, 0.05) is 5.56 Å². The SMILES string of the molecule is Cc1ccc(COc2ccc(F)cc2[C@@H](C)O)cc1C. The quantitative estimate of drug-likeness (QED) is 0.910. The van der Waals surface area contributed by atoms with Crippen LogP contribution in [0.3, 0.4) is 0 Å². The molecule has 2 rings (SSSR count). The first-order chi connectivity index (χ1) is 9.47. The van der Waals surface area contributed by atoms with Gasteiger partial charge in [0.15, 0.2) is 0 Å². The number of ether oxygens (including phenoxy) is 1. The number of aliphatic hydroxyl groups is 1. The summed E-state index contributed by atoms with van der Waals surface area (Å²) in [6.45, 7) is 6.10. The largest absolute Gasteiger partial charge is 0.489 e. The minimum absolute atomic E-state index is 0.376. The molecule has 0 aliphatic carbocycles. The summed E-state index contributed by atoms with van der Waals surface area (Å²) in [5, 5.41) is 9.66. The molecular formula is C17H19FO2. The maximum absolute atomic E-state index is 13.2. The van der Waals surface area contributed by atoms with Gasteiger partial charge in [0.05, 0.1) is 6.10 Å². The van der Waals surface area contributed by atoms with Crippen molar-refractivity contribution < 1.29 is 14.2 Å².